The highest BCUT2D eigenvalue weighted by Gasteiger charge is 2.24. The van der Waals surface area contributed by atoms with Crippen molar-refractivity contribution in [3.63, 3.8) is 0 Å². The number of hydrogen-bond acceptors (Lipinski definition) is 6. The van der Waals surface area contributed by atoms with Gasteiger partial charge < -0.3 is 10.1 Å². The molecule has 3 rings (SSSR count). The van der Waals surface area contributed by atoms with Crippen LogP contribution in [0.4, 0.5) is 20.2 Å². The van der Waals surface area contributed by atoms with Crippen LogP contribution in [0.15, 0.2) is 66.7 Å². The predicted octanol–water partition coefficient (Wildman–Crippen LogP) is 4.91. The monoisotopic (exact) mass is 440 g/mol. The van der Waals surface area contributed by atoms with Crippen LogP contribution in [0.5, 0.6) is 0 Å². The van der Waals surface area contributed by atoms with Crippen LogP contribution in [0.1, 0.15) is 33.2 Å². The number of esters is 1. The lowest BCUT2D eigenvalue weighted by Crippen LogP contribution is -2.24. The van der Waals surface area contributed by atoms with E-state index in [0.717, 1.165) is 23.8 Å². The van der Waals surface area contributed by atoms with E-state index < -0.39 is 34.4 Å². The lowest BCUT2D eigenvalue weighted by molar-refractivity contribution is -0.384. The van der Waals surface area contributed by atoms with Gasteiger partial charge >= 0.3 is 5.97 Å². The Morgan fingerprint density at radius 1 is 1.00 bits per heavy atom. The summed E-state index contributed by atoms with van der Waals surface area (Å²) in [7, 11) is 0. The summed E-state index contributed by atoms with van der Waals surface area (Å²) in [5, 5.41) is 14.4. The third-order valence-corrected chi connectivity index (χ3v) is 4.61. The van der Waals surface area contributed by atoms with Gasteiger partial charge in [-0.3, -0.25) is 14.9 Å². The Labute approximate surface area is 181 Å². The van der Waals surface area contributed by atoms with Gasteiger partial charge in [-0.1, -0.05) is 30.3 Å². The molecular formula is C23H18F2N2O5. The second-order valence-corrected chi connectivity index (χ2v) is 6.87. The van der Waals surface area contributed by atoms with Crippen LogP contribution in [0.2, 0.25) is 0 Å². The van der Waals surface area contributed by atoms with Crippen molar-refractivity contribution in [2.24, 2.45) is 0 Å². The van der Waals surface area contributed by atoms with Gasteiger partial charge in [-0.05, 0) is 42.8 Å². The summed E-state index contributed by atoms with van der Waals surface area (Å²) in [5.41, 5.74) is 0.480. The van der Waals surface area contributed by atoms with Gasteiger partial charge in [0.2, 0.25) is 5.78 Å². The number of nitro groups is 1. The van der Waals surface area contributed by atoms with E-state index >= 15 is 0 Å². The van der Waals surface area contributed by atoms with Crippen molar-refractivity contribution >= 4 is 23.1 Å². The molecule has 7 nitrogen and oxygen atoms in total. The average molecular weight is 440 g/mol. The molecule has 0 heterocycles. The summed E-state index contributed by atoms with van der Waals surface area (Å²) in [5.74, 6) is -4.03. The molecule has 0 fully saturated rings. The molecule has 0 saturated carbocycles. The fourth-order valence-corrected chi connectivity index (χ4v) is 2.92. The van der Waals surface area contributed by atoms with E-state index in [4.69, 9.17) is 4.74 Å². The van der Waals surface area contributed by atoms with Crippen molar-refractivity contribution in [1.82, 2.24) is 0 Å². The number of nitrogens with one attached hydrogen (secondary N) is 1. The zero-order chi connectivity index (χ0) is 23.3. The molecule has 0 aliphatic carbocycles. The predicted molar refractivity (Wildman–Crippen MR) is 112 cm³/mol. The van der Waals surface area contributed by atoms with Gasteiger partial charge in [-0.25, -0.2) is 13.6 Å². The molecule has 164 valence electrons. The molecule has 1 N–H and O–H groups in total. The number of nitrogens with zero attached hydrogens (tertiary/aromatic N) is 1. The molecule has 0 aromatic heterocycles. The molecule has 3 aromatic carbocycles. The summed E-state index contributed by atoms with van der Waals surface area (Å²) in [6, 6.07) is 15.6. The summed E-state index contributed by atoms with van der Waals surface area (Å²) in [6.45, 7) is 1.61. The van der Waals surface area contributed by atoms with E-state index in [9.17, 15) is 28.5 Å². The molecule has 0 radical (unpaired) electrons. The maximum Gasteiger partial charge on any atom is 0.339 e. The first-order chi connectivity index (χ1) is 15.3. The van der Waals surface area contributed by atoms with Gasteiger partial charge in [0.1, 0.15) is 5.69 Å². The molecule has 0 bridgehead atoms. The molecule has 0 saturated heterocycles. The summed E-state index contributed by atoms with van der Waals surface area (Å²) in [6.07, 6.45) is -1.32. The Morgan fingerprint density at radius 3 is 2.34 bits per heavy atom. The van der Waals surface area contributed by atoms with E-state index in [1.165, 1.54) is 19.1 Å². The smallest absolute Gasteiger partial charge is 0.339 e. The molecule has 1 atom stereocenters. The number of benzene rings is 3. The van der Waals surface area contributed by atoms with Crippen molar-refractivity contribution in [2.45, 2.75) is 19.6 Å². The minimum absolute atomic E-state index is 0.133. The fourth-order valence-electron chi connectivity index (χ4n) is 2.92. The Morgan fingerprint density at radius 2 is 1.69 bits per heavy atom. The lowest BCUT2D eigenvalue weighted by Gasteiger charge is -2.13. The molecule has 0 aliphatic heterocycles. The molecular weight excluding hydrogens is 422 g/mol. The second-order valence-electron chi connectivity index (χ2n) is 6.87. The van der Waals surface area contributed by atoms with Crippen LogP contribution in [-0.2, 0) is 11.3 Å². The van der Waals surface area contributed by atoms with Gasteiger partial charge in [-0.15, -0.1) is 0 Å². The van der Waals surface area contributed by atoms with Crippen LogP contribution < -0.4 is 5.32 Å². The van der Waals surface area contributed by atoms with Gasteiger partial charge in [0.15, 0.2) is 17.7 Å². The number of carbonyl (C=O) groups excluding carboxylic acids is 2. The Hall–Kier alpha value is -4.14. The Kier molecular flexibility index (Phi) is 6.89. The Bertz CT molecular complexity index is 1170. The largest absolute Gasteiger partial charge is 0.451 e. The topological polar surface area (TPSA) is 98.5 Å². The summed E-state index contributed by atoms with van der Waals surface area (Å²) >= 11 is 0. The quantitative estimate of drug-likeness (QED) is 0.231. The number of ketones is 1. The van der Waals surface area contributed by atoms with Crippen LogP contribution in [-0.4, -0.2) is 22.8 Å². The zero-order valence-electron chi connectivity index (χ0n) is 16.9. The van der Waals surface area contributed by atoms with Gasteiger partial charge in [-0.2, -0.15) is 0 Å². The van der Waals surface area contributed by atoms with E-state index in [0.29, 0.717) is 12.6 Å². The fraction of sp³-hybridized carbons (Fsp3) is 0.130. The summed E-state index contributed by atoms with van der Waals surface area (Å²) < 4.78 is 31.5. The van der Waals surface area contributed by atoms with E-state index in [1.54, 1.807) is 0 Å². The molecule has 3 aromatic rings. The SMILES string of the molecule is CC(OC(=O)c1ccc(NCc2ccccc2)c([N+](=O)[O-])c1)C(=O)c1ccc(F)c(F)c1. The number of rotatable bonds is 8. The van der Waals surface area contributed by atoms with E-state index in [-0.39, 0.29) is 22.5 Å². The van der Waals surface area contributed by atoms with Crippen molar-refractivity contribution in [2.75, 3.05) is 5.32 Å². The molecule has 0 aliphatic rings. The third kappa shape index (κ3) is 5.31. The molecule has 0 amide bonds. The van der Waals surface area contributed by atoms with Crippen LogP contribution >= 0.6 is 0 Å². The maximum atomic E-state index is 13.4. The van der Waals surface area contributed by atoms with Crippen molar-refractivity contribution in [3.05, 3.63) is 105 Å². The first-order valence-electron chi connectivity index (χ1n) is 9.52. The van der Waals surface area contributed by atoms with E-state index in [2.05, 4.69) is 5.32 Å². The number of Topliss-reactive ketones (excluding diaryl/α,β-unsaturated/α-hetero) is 1. The van der Waals surface area contributed by atoms with Gasteiger partial charge in [0.05, 0.1) is 10.5 Å². The third-order valence-electron chi connectivity index (χ3n) is 4.61. The van der Waals surface area contributed by atoms with Gasteiger partial charge in [0, 0.05) is 18.2 Å². The number of ether oxygens (including phenoxy) is 1. The molecule has 0 spiro atoms. The minimum Gasteiger partial charge on any atom is -0.451 e. The van der Waals surface area contributed by atoms with Crippen LogP contribution in [0, 0.1) is 21.7 Å². The summed E-state index contributed by atoms with van der Waals surface area (Å²) in [4.78, 5) is 35.6. The molecule has 1 unspecified atom stereocenters. The Balaban J connectivity index is 1.72. The average Bonchev–Trinajstić information content (AvgIpc) is 2.79. The number of halogens is 2. The maximum absolute atomic E-state index is 13.4. The number of anilines is 1. The minimum atomic E-state index is -1.32. The van der Waals surface area contributed by atoms with Crippen molar-refractivity contribution in [1.29, 1.82) is 0 Å². The van der Waals surface area contributed by atoms with Crippen LogP contribution in [0.25, 0.3) is 0 Å². The highest BCUT2D eigenvalue weighted by molar-refractivity contribution is 6.01. The van der Waals surface area contributed by atoms with E-state index in [1.807, 2.05) is 30.3 Å². The highest BCUT2D eigenvalue weighted by Crippen LogP contribution is 2.27. The first kappa shape index (κ1) is 22.5. The van der Waals surface area contributed by atoms with Gasteiger partial charge in [0.25, 0.3) is 5.69 Å². The lowest BCUT2D eigenvalue weighted by atomic mass is 10.1. The molecule has 32 heavy (non-hydrogen) atoms. The second kappa shape index (κ2) is 9.78. The van der Waals surface area contributed by atoms with Crippen molar-refractivity contribution < 1.29 is 28.0 Å². The molecule has 9 heteroatoms. The highest BCUT2D eigenvalue weighted by atomic mass is 19.2. The number of hydrogen-bond donors (Lipinski definition) is 1. The number of carbonyl (C=O) groups is 2. The standard InChI is InChI=1S/C23H18F2N2O5/c1-14(22(28)16-7-9-18(24)19(25)11-16)32-23(29)17-8-10-20(21(12-17)27(30)31)26-13-15-5-3-2-4-6-15/h2-12,14,26H,13H2,1H3. The first-order valence-corrected chi connectivity index (χ1v) is 9.52. The normalized spacial score (nSPS) is 11.5. The van der Waals surface area contributed by atoms with Crippen LogP contribution in [0.3, 0.4) is 0 Å². The number of nitro benzene ring substituents is 1. The zero-order valence-corrected chi connectivity index (χ0v) is 16.9. The van der Waals surface area contributed by atoms with Crippen molar-refractivity contribution in [3.8, 4) is 0 Å².